The van der Waals surface area contributed by atoms with E-state index in [0.717, 1.165) is 0 Å². The van der Waals surface area contributed by atoms with Crippen LogP contribution in [0.1, 0.15) is 89.3 Å². The lowest BCUT2D eigenvalue weighted by Crippen LogP contribution is -2.63. The largest absolute Gasteiger partial charge is 0.427 e. The highest BCUT2D eigenvalue weighted by molar-refractivity contribution is 6.99. The van der Waals surface area contributed by atoms with E-state index in [1.165, 1.54) is 4.57 Å². The summed E-state index contributed by atoms with van der Waals surface area (Å²) in [6.07, 6.45) is 2.12. The van der Waals surface area contributed by atoms with Crippen LogP contribution in [0.15, 0.2) is 89.0 Å². The lowest BCUT2D eigenvalue weighted by Gasteiger charge is -2.52. The van der Waals surface area contributed by atoms with E-state index >= 15 is 8.78 Å². The molecule has 0 N–H and O–H groups in total. The first-order valence-corrected chi connectivity index (χ1v) is 18.4. The van der Waals surface area contributed by atoms with Gasteiger partial charge in [0.25, 0.3) is 12.7 Å². The molecule has 5 heterocycles. The van der Waals surface area contributed by atoms with E-state index in [4.69, 9.17) is 16.0 Å². The molecule has 282 valence electrons. The second kappa shape index (κ2) is 10.6. The second-order valence-electron chi connectivity index (χ2n) is 16.2. The maximum absolute atomic E-state index is 15.7. The van der Waals surface area contributed by atoms with E-state index in [1.807, 2.05) is 13.8 Å². The highest BCUT2D eigenvalue weighted by atomic mass is 19.2. The van der Waals surface area contributed by atoms with Crippen molar-refractivity contribution in [2.45, 2.75) is 69.7 Å². The van der Waals surface area contributed by atoms with Crippen LogP contribution in [0.2, 0.25) is 0 Å². The third-order valence-electron chi connectivity index (χ3n) is 13.3. The van der Waals surface area contributed by atoms with E-state index in [1.54, 1.807) is 18.7 Å². The SMILES string of the molecule is [2H]c1c([2H])c([2H])c2c(c1[2H])-c1c(c3c([2H])c([2H])c([2H])c([2H])c3n1-c1c([2H])c3c4c(c1[2H])N1c5c(c([2H])c([2H])c([2H])c5C5(C)CCCCC15C)B4c1c(oc(-c4c(F)c(F)c(F)c(F)c4F)c1[2H])O3)C2(C)C. The summed E-state index contributed by atoms with van der Waals surface area (Å²) in [7, 11) is 0. The van der Waals surface area contributed by atoms with Crippen molar-refractivity contribution in [1.82, 2.24) is 4.57 Å². The van der Waals surface area contributed by atoms with E-state index in [2.05, 4.69) is 0 Å². The van der Waals surface area contributed by atoms with Gasteiger partial charge in [0.15, 0.2) is 23.3 Å². The van der Waals surface area contributed by atoms with Gasteiger partial charge in [-0.05, 0) is 65.5 Å². The molecule has 2 aliphatic carbocycles. The Labute approximate surface area is 345 Å². The standard InChI is InChI=1S/C47H34BF5N2O2/c1-45(2)26-14-7-5-12-24(26)42-35(45)25-13-6-8-17-30(25)54(42)23-20-31-36-33(21-23)57-44-29(22-32(56-44)34-37(49)39(51)41(53)40(52)38(34)50)48(36)28-16-11-15-27-43(28)55(31)47(4)19-10-9-18-46(27,47)3/h5-8,11-17,20-22H,9-10,18-19H2,1-4H3/i5D,6D,7D,8D,11D,12D,13D,14D,15D,16D,17D,20D,21D,22D. The van der Waals surface area contributed by atoms with E-state index < -0.39 is 165 Å². The molecule has 57 heavy (non-hydrogen) atoms. The molecule has 3 aliphatic heterocycles. The summed E-state index contributed by atoms with van der Waals surface area (Å²) in [6.45, 7) is 5.43. The van der Waals surface area contributed by atoms with Crippen LogP contribution in [0, 0.1) is 29.1 Å². The van der Waals surface area contributed by atoms with Gasteiger partial charge in [-0.2, -0.15) is 0 Å². The highest BCUT2D eigenvalue weighted by Crippen LogP contribution is 2.62. The molecular formula is C47H34BF5N2O2. The number of anilines is 2. The number of hydrogen-bond acceptors (Lipinski definition) is 3. The minimum absolute atomic E-state index is 0.0472. The second-order valence-corrected chi connectivity index (χ2v) is 16.2. The highest BCUT2D eigenvalue weighted by Gasteiger charge is 2.61. The van der Waals surface area contributed by atoms with Crippen molar-refractivity contribution in [2.24, 2.45) is 0 Å². The molecule has 10 heteroatoms. The quantitative estimate of drug-likeness (QED) is 0.0758. The molecule has 2 unspecified atom stereocenters. The molecule has 0 bridgehead atoms. The van der Waals surface area contributed by atoms with Crippen LogP contribution in [0.4, 0.5) is 33.3 Å². The average Bonchev–Trinajstić information content (AvgIpc) is 3.99. The summed E-state index contributed by atoms with van der Waals surface area (Å²) >= 11 is 0. The molecule has 7 aromatic rings. The number of para-hydroxylation sites is 2. The van der Waals surface area contributed by atoms with Crippen LogP contribution >= 0.6 is 0 Å². The van der Waals surface area contributed by atoms with Crippen LogP contribution < -0.4 is 26.0 Å². The first-order valence-electron chi connectivity index (χ1n) is 25.4. The van der Waals surface area contributed by atoms with Crippen molar-refractivity contribution < 1.29 is 50.3 Å². The average molecular weight is 779 g/mol. The summed E-state index contributed by atoms with van der Waals surface area (Å²) in [5.41, 5.74) is -6.07. The minimum Gasteiger partial charge on any atom is -0.427 e. The number of nitrogens with zero attached hydrogens (tertiary/aromatic N) is 2. The predicted octanol–water partition coefficient (Wildman–Crippen LogP) is 10.6. The minimum atomic E-state index is -2.48. The fourth-order valence-corrected chi connectivity index (χ4v) is 10.4. The molecular weight excluding hydrogens is 730 g/mol. The van der Waals surface area contributed by atoms with Crippen LogP contribution in [0.3, 0.4) is 0 Å². The molecule has 1 fully saturated rings. The van der Waals surface area contributed by atoms with Gasteiger partial charge in [-0.1, -0.05) is 94.0 Å². The van der Waals surface area contributed by atoms with Gasteiger partial charge in [0.2, 0.25) is 5.82 Å². The monoisotopic (exact) mass is 778 g/mol. The topological polar surface area (TPSA) is 30.5 Å². The number of aromatic nitrogens is 1. The molecule has 5 aromatic carbocycles. The smallest absolute Gasteiger partial charge is 0.285 e. The van der Waals surface area contributed by atoms with E-state index in [9.17, 15) is 25.5 Å². The number of fused-ring (bicyclic) bond motifs is 12. The first-order chi connectivity index (χ1) is 33.2. The summed E-state index contributed by atoms with van der Waals surface area (Å²) in [4.78, 5) is 1.75. The van der Waals surface area contributed by atoms with Gasteiger partial charge < -0.3 is 18.6 Å². The summed E-state index contributed by atoms with van der Waals surface area (Å²) in [5.74, 6) is -14.3. The third-order valence-corrected chi connectivity index (χ3v) is 13.3. The molecule has 4 nitrogen and oxygen atoms in total. The number of benzene rings is 5. The zero-order valence-electron chi connectivity index (χ0n) is 44.5. The Morgan fingerprint density at radius 3 is 2.25 bits per heavy atom. The maximum Gasteiger partial charge on any atom is 0.285 e. The maximum atomic E-state index is 15.7. The first kappa shape index (κ1) is 22.2. The molecule has 5 aliphatic rings. The van der Waals surface area contributed by atoms with Crippen molar-refractivity contribution >= 4 is 45.4 Å². The Bertz CT molecular complexity index is 3780. The molecule has 0 saturated heterocycles. The molecule has 1 saturated carbocycles. The summed E-state index contributed by atoms with van der Waals surface area (Å²) in [5, 5.41) is -0.117. The third kappa shape index (κ3) is 3.76. The van der Waals surface area contributed by atoms with Crippen molar-refractivity contribution in [1.29, 1.82) is 0 Å². The Morgan fingerprint density at radius 1 is 0.737 bits per heavy atom. The zero-order valence-corrected chi connectivity index (χ0v) is 30.5. The van der Waals surface area contributed by atoms with Crippen LogP contribution in [0.25, 0.3) is 39.2 Å². The van der Waals surface area contributed by atoms with Gasteiger partial charge >= 0.3 is 0 Å². The normalized spacial score (nSPS) is 24.9. The van der Waals surface area contributed by atoms with Crippen LogP contribution in [-0.4, -0.2) is 16.8 Å². The number of hydrogen-bond donors (Lipinski definition) is 0. The Hall–Kier alpha value is -5.77. The van der Waals surface area contributed by atoms with Crippen molar-refractivity contribution in [3.8, 4) is 40.0 Å². The Balaban J connectivity index is 1.30. The lowest BCUT2D eigenvalue weighted by atomic mass is 9.34. The zero-order chi connectivity index (χ0) is 51.3. The Kier molecular flexibility index (Phi) is 4.13. The number of furan rings is 1. The van der Waals surface area contributed by atoms with Gasteiger partial charge in [-0.3, -0.25) is 0 Å². The van der Waals surface area contributed by atoms with Gasteiger partial charge in [-0.15, -0.1) is 0 Å². The number of rotatable bonds is 2. The van der Waals surface area contributed by atoms with Gasteiger partial charge in [-0.25, -0.2) is 22.0 Å². The van der Waals surface area contributed by atoms with Crippen molar-refractivity contribution in [3.05, 3.63) is 130 Å². The van der Waals surface area contributed by atoms with Gasteiger partial charge in [0, 0.05) is 44.7 Å². The molecule has 12 rings (SSSR count). The molecule has 0 spiro atoms. The molecule has 2 atom stereocenters. The van der Waals surface area contributed by atoms with Gasteiger partial charge in [0.05, 0.1) is 47.2 Å². The van der Waals surface area contributed by atoms with E-state index in [-0.39, 0.29) is 61.6 Å². The fourth-order valence-electron chi connectivity index (χ4n) is 10.4. The number of ether oxygens (including phenoxy) is 1. The van der Waals surface area contributed by atoms with Gasteiger partial charge in [0.1, 0.15) is 11.5 Å². The molecule has 2 aromatic heterocycles. The van der Waals surface area contributed by atoms with Crippen molar-refractivity contribution in [3.63, 3.8) is 0 Å². The van der Waals surface area contributed by atoms with Crippen molar-refractivity contribution in [2.75, 3.05) is 4.90 Å². The van der Waals surface area contributed by atoms with E-state index in [0.29, 0.717) is 31.2 Å². The molecule has 0 amide bonds. The van der Waals surface area contributed by atoms with Crippen LogP contribution in [0.5, 0.6) is 11.7 Å². The molecule has 0 radical (unpaired) electrons. The lowest BCUT2D eigenvalue weighted by molar-refractivity contribution is 0.195. The predicted molar refractivity (Wildman–Crippen MR) is 212 cm³/mol. The summed E-state index contributed by atoms with van der Waals surface area (Å²) < 4.78 is 220. The van der Waals surface area contributed by atoms with Crippen LogP contribution in [-0.2, 0) is 10.8 Å². The Morgan fingerprint density at radius 2 is 1.44 bits per heavy atom. The summed E-state index contributed by atoms with van der Waals surface area (Å²) in [6, 6.07) is -8.39. The number of halogens is 5. The fraction of sp³-hybridized carbons (Fsp3) is 0.234.